The second-order valence-corrected chi connectivity index (χ2v) is 5.55. The van der Waals surface area contributed by atoms with Crippen LogP contribution in [0, 0.1) is 0 Å². The van der Waals surface area contributed by atoms with Crippen molar-refractivity contribution in [1.29, 1.82) is 0 Å². The molecular formula is C17H17ClN2O. The summed E-state index contributed by atoms with van der Waals surface area (Å²) in [5.74, 6) is -0.00696. The summed E-state index contributed by atoms with van der Waals surface area (Å²) < 4.78 is 0. The van der Waals surface area contributed by atoms with E-state index < -0.39 is 0 Å². The first-order valence-corrected chi connectivity index (χ1v) is 7.49. The summed E-state index contributed by atoms with van der Waals surface area (Å²) >= 11 is 6.04. The maximum absolute atomic E-state index is 12.0. The summed E-state index contributed by atoms with van der Waals surface area (Å²) in [5.41, 5.74) is 3.29. The van der Waals surface area contributed by atoms with Gasteiger partial charge in [0.15, 0.2) is 0 Å². The Hall–Kier alpha value is -2.00. The number of hydrogen-bond acceptors (Lipinski definition) is 2. The van der Waals surface area contributed by atoms with Gasteiger partial charge >= 0.3 is 0 Å². The molecule has 0 radical (unpaired) electrons. The van der Waals surface area contributed by atoms with Crippen molar-refractivity contribution in [3.05, 3.63) is 59.1 Å². The molecule has 3 rings (SSSR count). The highest BCUT2D eigenvalue weighted by Crippen LogP contribution is 2.27. The molecule has 1 heterocycles. The lowest BCUT2D eigenvalue weighted by molar-refractivity contribution is -0.116. The molecule has 0 atom stereocenters. The fraction of sp³-hybridized carbons (Fsp3) is 0.235. The van der Waals surface area contributed by atoms with Crippen molar-refractivity contribution < 1.29 is 4.79 Å². The minimum absolute atomic E-state index is 0.00696. The second kappa shape index (κ2) is 6.19. The summed E-state index contributed by atoms with van der Waals surface area (Å²) in [6.45, 7) is 1.71. The van der Waals surface area contributed by atoms with Gasteiger partial charge in [0.1, 0.15) is 0 Å². The lowest BCUT2D eigenvalue weighted by atomic mass is 10.2. The quantitative estimate of drug-likeness (QED) is 0.933. The first kappa shape index (κ1) is 14.0. The van der Waals surface area contributed by atoms with Gasteiger partial charge in [-0.2, -0.15) is 0 Å². The van der Waals surface area contributed by atoms with Gasteiger partial charge in [-0.1, -0.05) is 41.9 Å². The Morgan fingerprint density at radius 3 is 2.76 bits per heavy atom. The maximum atomic E-state index is 12.0. The van der Waals surface area contributed by atoms with Crippen LogP contribution in [0.2, 0.25) is 5.02 Å². The number of fused-ring (bicyclic) bond motifs is 1. The van der Waals surface area contributed by atoms with Crippen LogP contribution in [0.5, 0.6) is 0 Å². The summed E-state index contributed by atoms with van der Waals surface area (Å²) in [4.78, 5) is 14.3. The molecule has 0 bridgehead atoms. The molecule has 0 aliphatic carbocycles. The molecule has 4 heteroatoms. The molecule has 1 aliphatic rings. The predicted octanol–water partition coefficient (Wildman–Crippen LogP) is 3.73. The zero-order valence-corrected chi connectivity index (χ0v) is 12.4. The van der Waals surface area contributed by atoms with Crippen LogP contribution in [0.1, 0.15) is 12.0 Å². The number of carbonyl (C=O) groups is 1. The van der Waals surface area contributed by atoms with Crippen LogP contribution in [0.15, 0.2) is 48.5 Å². The topological polar surface area (TPSA) is 32.3 Å². The van der Waals surface area contributed by atoms with E-state index in [9.17, 15) is 4.79 Å². The third-order valence-corrected chi connectivity index (χ3v) is 4.07. The number of halogens is 1. The van der Waals surface area contributed by atoms with E-state index in [2.05, 4.69) is 28.4 Å². The fourth-order valence-corrected chi connectivity index (χ4v) is 2.83. The lowest BCUT2D eigenvalue weighted by Crippen LogP contribution is -2.26. The van der Waals surface area contributed by atoms with Crippen LogP contribution in [0.25, 0.3) is 0 Å². The highest BCUT2D eigenvalue weighted by atomic mass is 35.5. The number of rotatable bonds is 4. The number of anilines is 2. The molecule has 1 amide bonds. The first-order chi connectivity index (χ1) is 10.2. The number of benzene rings is 2. The van der Waals surface area contributed by atoms with Gasteiger partial charge in [-0.25, -0.2) is 0 Å². The summed E-state index contributed by atoms with van der Waals surface area (Å²) in [6.07, 6.45) is 1.52. The van der Waals surface area contributed by atoms with Crippen LogP contribution in [-0.4, -0.2) is 19.0 Å². The minimum Gasteiger partial charge on any atom is -0.370 e. The molecule has 1 N–H and O–H groups in total. The Morgan fingerprint density at radius 1 is 1.14 bits per heavy atom. The SMILES string of the molecule is O=C(CCN1CCc2ccccc21)Nc1ccccc1Cl. The van der Waals surface area contributed by atoms with E-state index in [4.69, 9.17) is 11.6 Å². The van der Waals surface area contributed by atoms with Gasteiger partial charge in [0.25, 0.3) is 0 Å². The molecule has 0 spiro atoms. The van der Waals surface area contributed by atoms with Gasteiger partial charge < -0.3 is 10.2 Å². The zero-order valence-electron chi connectivity index (χ0n) is 11.7. The highest BCUT2D eigenvalue weighted by molar-refractivity contribution is 6.33. The van der Waals surface area contributed by atoms with Gasteiger partial charge in [-0.3, -0.25) is 4.79 Å². The Morgan fingerprint density at radius 2 is 1.90 bits per heavy atom. The summed E-state index contributed by atoms with van der Waals surface area (Å²) in [6, 6.07) is 15.7. The van der Waals surface area contributed by atoms with Crippen molar-refractivity contribution in [2.75, 3.05) is 23.3 Å². The smallest absolute Gasteiger partial charge is 0.226 e. The third-order valence-electron chi connectivity index (χ3n) is 3.74. The van der Waals surface area contributed by atoms with Crippen molar-refractivity contribution in [1.82, 2.24) is 0 Å². The zero-order chi connectivity index (χ0) is 14.7. The molecule has 2 aromatic rings. The number of carbonyl (C=O) groups excluding carboxylic acids is 1. The van der Waals surface area contributed by atoms with E-state index in [0.29, 0.717) is 17.1 Å². The molecular weight excluding hydrogens is 284 g/mol. The Labute approximate surface area is 129 Å². The lowest BCUT2D eigenvalue weighted by Gasteiger charge is -2.19. The maximum Gasteiger partial charge on any atom is 0.226 e. The van der Waals surface area contributed by atoms with Gasteiger partial charge in [-0.05, 0) is 30.2 Å². The number of hydrogen-bond donors (Lipinski definition) is 1. The molecule has 2 aromatic carbocycles. The Bertz CT molecular complexity index is 657. The van der Waals surface area contributed by atoms with Crippen molar-refractivity contribution in [2.45, 2.75) is 12.8 Å². The molecule has 0 saturated heterocycles. The Balaban J connectivity index is 1.57. The van der Waals surface area contributed by atoms with Crippen LogP contribution in [-0.2, 0) is 11.2 Å². The Kier molecular flexibility index (Phi) is 4.11. The molecule has 0 unspecified atom stereocenters. The van der Waals surface area contributed by atoms with Crippen molar-refractivity contribution in [2.24, 2.45) is 0 Å². The summed E-state index contributed by atoms with van der Waals surface area (Å²) in [5, 5.41) is 3.43. The molecule has 21 heavy (non-hydrogen) atoms. The van der Waals surface area contributed by atoms with E-state index in [1.165, 1.54) is 11.3 Å². The van der Waals surface area contributed by atoms with E-state index in [1.807, 2.05) is 24.3 Å². The van der Waals surface area contributed by atoms with Crippen LogP contribution in [0.3, 0.4) is 0 Å². The minimum atomic E-state index is -0.00696. The first-order valence-electron chi connectivity index (χ1n) is 7.11. The molecule has 1 aliphatic heterocycles. The average Bonchev–Trinajstić information content (AvgIpc) is 2.91. The predicted molar refractivity (Wildman–Crippen MR) is 87.1 cm³/mol. The van der Waals surface area contributed by atoms with E-state index in [1.54, 1.807) is 6.07 Å². The number of amides is 1. The van der Waals surface area contributed by atoms with Crippen molar-refractivity contribution >= 4 is 28.9 Å². The number of nitrogens with one attached hydrogen (secondary N) is 1. The summed E-state index contributed by atoms with van der Waals surface area (Å²) in [7, 11) is 0. The third kappa shape index (κ3) is 3.19. The van der Waals surface area contributed by atoms with E-state index in [0.717, 1.165) is 19.5 Å². The monoisotopic (exact) mass is 300 g/mol. The molecule has 0 fully saturated rings. The van der Waals surface area contributed by atoms with E-state index in [-0.39, 0.29) is 5.91 Å². The number of nitrogens with zero attached hydrogens (tertiary/aromatic N) is 1. The molecule has 108 valence electrons. The average molecular weight is 301 g/mol. The molecule has 0 saturated carbocycles. The normalized spacial score (nSPS) is 13.1. The molecule has 0 aromatic heterocycles. The van der Waals surface area contributed by atoms with Gasteiger partial charge in [0, 0.05) is 25.2 Å². The van der Waals surface area contributed by atoms with Gasteiger partial charge in [-0.15, -0.1) is 0 Å². The second-order valence-electron chi connectivity index (χ2n) is 5.14. The van der Waals surface area contributed by atoms with Gasteiger partial charge in [0.2, 0.25) is 5.91 Å². The van der Waals surface area contributed by atoms with Crippen molar-refractivity contribution in [3.63, 3.8) is 0 Å². The largest absolute Gasteiger partial charge is 0.370 e. The van der Waals surface area contributed by atoms with Crippen LogP contribution >= 0.6 is 11.6 Å². The molecule has 3 nitrogen and oxygen atoms in total. The van der Waals surface area contributed by atoms with E-state index >= 15 is 0 Å². The van der Waals surface area contributed by atoms with Crippen molar-refractivity contribution in [3.8, 4) is 0 Å². The van der Waals surface area contributed by atoms with Crippen LogP contribution in [0.4, 0.5) is 11.4 Å². The standard InChI is InChI=1S/C17H17ClN2O/c18-14-6-2-3-7-15(14)19-17(21)10-12-20-11-9-13-5-1-4-8-16(13)20/h1-8H,9-12H2,(H,19,21). The highest BCUT2D eigenvalue weighted by Gasteiger charge is 2.18. The van der Waals surface area contributed by atoms with Gasteiger partial charge in [0.05, 0.1) is 10.7 Å². The number of para-hydroxylation sites is 2. The fourth-order valence-electron chi connectivity index (χ4n) is 2.65. The van der Waals surface area contributed by atoms with Crippen LogP contribution < -0.4 is 10.2 Å².